The summed E-state index contributed by atoms with van der Waals surface area (Å²) >= 11 is 0. The topological polar surface area (TPSA) is 44.8 Å². The van der Waals surface area contributed by atoms with E-state index >= 15 is 0 Å². The van der Waals surface area contributed by atoms with Crippen LogP contribution in [-0.4, -0.2) is 44.8 Å². The van der Waals surface area contributed by atoms with Gasteiger partial charge in [0.1, 0.15) is 5.75 Å². The Bertz CT molecular complexity index is 560. The van der Waals surface area contributed by atoms with E-state index in [4.69, 9.17) is 4.74 Å². The summed E-state index contributed by atoms with van der Waals surface area (Å²) < 4.78 is 5.47. The molecule has 0 aromatic heterocycles. The van der Waals surface area contributed by atoms with E-state index < -0.39 is 6.09 Å². The molecule has 1 N–H and O–H groups in total. The maximum atomic E-state index is 11.6. The average Bonchev–Trinajstić information content (AvgIpc) is 2.85. The number of hydrogen-bond acceptors (Lipinski definition) is 4. The highest BCUT2D eigenvalue weighted by molar-refractivity contribution is 5.75. The van der Waals surface area contributed by atoms with E-state index in [1.807, 2.05) is 12.1 Å². The molecule has 1 aromatic rings. The molecule has 1 amide bonds. The van der Waals surface area contributed by atoms with Crippen molar-refractivity contribution in [2.24, 2.45) is 0 Å². The van der Waals surface area contributed by atoms with Gasteiger partial charge in [-0.2, -0.15) is 0 Å². The number of rotatable bonds is 1. The molecular formula is C15H21N3O2. The summed E-state index contributed by atoms with van der Waals surface area (Å²) in [6.45, 7) is 3.32. The second-order valence-electron chi connectivity index (χ2n) is 5.92. The second kappa shape index (κ2) is 4.38. The van der Waals surface area contributed by atoms with Crippen LogP contribution in [0.3, 0.4) is 0 Å². The summed E-state index contributed by atoms with van der Waals surface area (Å²) in [7, 11) is 5.84. The Kier molecular flexibility index (Phi) is 2.90. The Morgan fingerprint density at radius 3 is 2.90 bits per heavy atom. The van der Waals surface area contributed by atoms with Crippen molar-refractivity contribution in [1.29, 1.82) is 0 Å². The lowest BCUT2D eigenvalue weighted by Gasteiger charge is -2.32. The number of fused-ring (bicyclic) bond motifs is 3. The highest BCUT2D eigenvalue weighted by Gasteiger charge is 2.53. The van der Waals surface area contributed by atoms with Crippen LogP contribution in [0.4, 0.5) is 10.5 Å². The van der Waals surface area contributed by atoms with Crippen LogP contribution in [0, 0.1) is 0 Å². The van der Waals surface area contributed by atoms with Gasteiger partial charge in [0.15, 0.2) is 0 Å². The van der Waals surface area contributed by atoms with E-state index in [0.717, 1.165) is 24.2 Å². The third-order valence-electron chi connectivity index (χ3n) is 4.70. The third kappa shape index (κ3) is 1.62. The standard InChI is InChI=1S/C15H21N3O2/c1-15-8-9-17(3)13(15)18(4)10-6-5-7-11(12(10)15)20-14(19)16-2/h5-7,13H,8-9H2,1-4H3,(H,16,19)/t13?,15-/m0/s1. The van der Waals surface area contributed by atoms with Crippen molar-refractivity contribution in [2.75, 3.05) is 32.6 Å². The minimum atomic E-state index is -0.417. The van der Waals surface area contributed by atoms with Gasteiger partial charge in [0.05, 0.1) is 6.17 Å². The molecule has 3 rings (SSSR count). The molecule has 108 valence electrons. The third-order valence-corrected chi connectivity index (χ3v) is 4.70. The number of nitrogens with one attached hydrogen (secondary N) is 1. The Balaban J connectivity index is 2.10. The molecule has 5 nitrogen and oxygen atoms in total. The molecule has 1 saturated heterocycles. The molecule has 2 heterocycles. The summed E-state index contributed by atoms with van der Waals surface area (Å²) in [5, 5.41) is 2.51. The molecule has 0 saturated carbocycles. The highest BCUT2D eigenvalue weighted by atomic mass is 16.6. The van der Waals surface area contributed by atoms with Gasteiger partial charge in [-0.05, 0) is 25.6 Å². The van der Waals surface area contributed by atoms with Gasteiger partial charge in [0, 0.05) is 37.3 Å². The minimum absolute atomic E-state index is 0.00342. The van der Waals surface area contributed by atoms with Crippen LogP contribution < -0.4 is 15.0 Å². The number of benzene rings is 1. The van der Waals surface area contributed by atoms with E-state index in [0.29, 0.717) is 11.9 Å². The Morgan fingerprint density at radius 2 is 2.20 bits per heavy atom. The number of likely N-dealkylation sites (tertiary alicyclic amines) is 1. The van der Waals surface area contributed by atoms with Crippen molar-refractivity contribution in [2.45, 2.75) is 24.9 Å². The molecule has 2 aliphatic heterocycles. The number of carbonyl (C=O) groups is 1. The van der Waals surface area contributed by atoms with Crippen molar-refractivity contribution in [3.63, 3.8) is 0 Å². The molecule has 0 aliphatic carbocycles. The first-order valence-corrected chi connectivity index (χ1v) is 6.95. The lowest BCUT2D eigenvalue weighted by Crippen LogP contribution is -2.45. The maximum Gasteiger partial charge on any atom is 0.412 e. The number of anilines is 1. The highest BCUT2D eigenvalue weighted by Crippen LogP contribution is 2.54. The molecule has 20 heavy (non-hydrogen) atoms. The van der Waals surface area contributed by atoms with Crippen LogP contribution in [0.1, 0.15) is 18.9 Å². The maximum absolute atomic E-state index is 11.6. The summed E-state index contributed by atoms with van der Waals surface area (Å²) in [4.78, 5) is 16.2. The fourth-order valence-electron chi connectivity index (χ4n) is 3.88. The lowest BCUT2D eigenvalue weighted by atomic mass is 9.81. The molecule has 0 radical (unpaired) electrons. The molecule has 5 heteroatoms. The second-order valence-corrected chi connectivity index (χ2v) is 5.92. The number of likely N-dealkylation sites (N-methyl/N-ethyl adjacent to an activating group) is 2. The number of carbonyl (C=O) groups excluding carboxylic acids is 1. The van der Waals surface area contributed by atoms with Gasteiger partial charge < -0.3 is 15.0 Å². The summed E-state index contributed by atoms with van der Waals surface area (Å²) in [5.41, 5.74) is 2.31. The Hall–Kier alpha value is -1.75. The predicted molar refractivity (Wildman–Crippen MR) is 78.3 cm³/mol. The molecule has 2 aliphatic rings. The Labute approximate surface area is 119 Å². The molecule has 1 aromatic carbocycles. The van der Waals surface area contributed by atoms with Gasteiger partial charge in [0.2, 0.25) is 0 Å². The van der Waals surface area contributed by atoms with Crippen molar-refractivity contribution >= 4 is 11.8 Å². The first-order chi connectivity index (χ1) is 9.49. The summed E-state index contributed by atoms with van der Waals surface area (Å²) in [5.74, 6) is 0.675. The molecule has 2 atom stereocenters. The molecule has 1 unspecified atom stereocenters. The van der Waals surface area contributed by atoms with E-state index in [-0.39, 0.29) is 5.41 Å². The zero-order chi connectivity index (χ0) is 14.5. The van der Waals surface area contributed by atoms with Gasteiger partial charge in [-0.25, -0.2) is 4.79 Å². The van der Waals surface area contributed by atoms with E-state index in [1.165, 1.54) is 0 Å². The zero-order valence-corrected chi connectivity index (χ0v) is 12.4. The number of ether oxygens (including phenoxy) is 1. The molecular weight excluding hydrogens is 254 g/mol. The number of amides is 1. The monoisotopic (exact) mass is 275 g/mol. The molecule has 0 bridgehead atoms. The average molecular weight is 275 g/mol. The summed E-state index contributed by atoms with van der Waals surface area (Å²) in [6.07, 6.45) is 0.978. The number of hydrogen-bond donors (Lipinski definition) is 1. The first kappa shape index (κ1) is 13.2. The van der Waals surface area contributed by atoms with Gasteiger partial charge in [0.25, 0.3) is 0 Å². The van der Waals surface area contributed by atoms with Gasteiger partial charge >= 0.3 is 6.09 Å². The largest absolute Gasteiger partial charge is 0.412 e. The quantitative estimate of drug-likeness (QED) is 0.848. The fourth-order valence-corrected chi connectivity index (χ4v) is 3.88. The van der Waals surface area contributed by atoms with Crippen LogP contribution in [0.5, 0.6) is 5.75 Å². The Morgan fingerprint density at radius 1 is 1.45 bits per heavy atom. The van der Waals surface area contributed by atoms with Crippen LogP contribution >= 0.6 is 0 Å². The van der Waals surface area contributed by atoms with Crippen molar-refractivity contribution < 1.29 is 9.53 Å². The van der Waals surface area contributed by atoms with Crippen LogP contribution in [0.15, 0.2) is 18.2 Å². The zero-order valence-electron chi connectivity index (χ0n) is 12.4. The van der Waals surface area contributed by atoms with Crippen molar-refractivity contribution in [3.8, 4) is 5.75 Å². The SMILES string of the molecule is CNC(=O)Oc1cccc2c1[C@]1(C)CCN(C)C1N2C. The number of nitrogens with zero attached hydrogens (tertiary/aromatic N) is 2. The van der Waals surface area contributed by atoms with Gasteiger partial charge in [-0.1, -0.05) is 13.0 Å². The normalized spacial score (nSPS) is 28.2. The van der Waals surface area contributed by atoms with Crippen molar-refractivity contribution in [1.82, 2.24) is 10.2 Å². The molecule has 1 fully saturated rings. The smallest absolute Gasteiger partial charge is 0.410 e. The van der Waals surface area contributed by atoms with E-state index in [9.17, 15) is 4.79 Å². The fraction of sp³-hybridized carbons (Fsp3) is 0.533. The summed E-state index contributed by atoms with van der Waals surface area (Å²) in [6, 6.07) is 5.93. The lowest BCUT2D eigenvalue weighted by molar-refractivity contribution is 0.201. The van der Waals surface area contributed by atoms with Crippen LogP contribution in [0.25, 0.3) is 0 Å². The minimum Gasteiger partial charge on any atom is -0.410 e. The first-order valence-electron chi connectivity index (χ1n) is 6.95. The van der Waals surface area contributed by atoms with Gasteiger partial charge in [-0.3, -0.25) is 4.90 Å². The van der Waals surface area contributed by atoms with E-state index in [1.54, 1.807) is 7.05 Å². The molecule has 0 spiro atoms. The van der Waals surface area contributed by atoms with Gasteiger partial charge in [-0.15, -0.1) is 0 Å². The van der Waals surface area contributed by atoms with Crippen LogP contribution in [0.2, 0.25) is 0 Å². The van der Waals surface area contributed by atoms with Crippen molar-refractivity contribution in [3.05, 3.63) is 23.8 Å². The predicted octanol–water partition coefficient (Wildman–Crippen LogP) is 1.77. The van der Waals surface area contributed by atoms with E-state index in [2.05, 4.69) is 42.2 Å². The van der Waals surface area contributed by atoms with Crippen LogP contribution in [-0.2, 0) is 5.41 Å².